The van der Waals surface area contributed by atoms with Crippen molar-refractivity contribution in [2.24, 2.45) is 0 Å². The van der Waals surface area contributed by atoms with Crippen molar-refractivity contribution in [2.75, 3.05) is 12.7 Å². The highest BCUT2D eigenvalue weighted by Crippen LogP contribution is 2.32. The molecule has 0 saturated carbocycles. The van der Waals surface area contributed by atoms with Crippen LogP contribution in [0.15, 0.2) is 0 Å². The van der Waals surface area contributed by atoms with E-state index in [4.69, 9.17) is 9.79 Å². The normalized spacial score (nSPS) is 11.6. The third kappa shape index (κ3) is 19.7. The highest BCUT2D eigenvalue weighted by molar-refractivity contribution is 7.51. The van der Waals surface area contributed by atoms with E-state index in [-0.39, 0.29) is 18.6 Å². The van der Waals surface area contributed by atoms with Gasteiger partial charge >= 0.3 is 7.60 Å². The molecule has 0 unspecified atom stereocenters. The van der Waals surface area contributed by atoms with Gasteiger partial charge < -0.3 is 15.1 Å². The fourth-order valence-corrected chi connectivity index (χ4v) is 3.14. The van der Waals surface area contributed by atoms with E-state index in [9.17, 15) is 9.36 Å². The van der Waals surface area contributed by atoms with E-state index < -0.39 is 7.60 Å². The standard InChI is InChI=1S/C18H38NO4P/c1-2-3-4-5-6-7-8-9-10-11-12-13-14-15-18(20)19-16-17-24(21,22)23/h2-17H2,1H3,(H,19,20)(H2,21,22,23). The Morgan fingerprint density at radius 3 is 1.62 bits per heavy atom. The van der Waals surface area contributed by atoms with Gasteiger partial charge in [0.05, 0.1) is 6.16 Å². The molecular formula is C18H38NO4P. The van der Waals surface area contributed by atoms with Crippen LogP contribution < -0.4 is 5.32 Å². The smallest absolute Gasteiger partial charge is 0.327 e. The number of carbonyl (C=O) groups excluding carboxylic acids is 1. The highest BCUT2D eigenvalue weighted by Gasteiger charge is 2.12. The summed E-state index contributed by atoms with van der Waals surface area (Å²) < 4.78 is 10.6. The van der Waals surface area contributed by atoms with E-state index in [1.54, 1.807) is 0 Å². The summed E-state index contributed by atoms with van der Waals surface area (Å²) in [6.45, 7) is 2.31. The lowest BCUT2D eigenvalue weighted by atomic mass is 10.0. The average molecular weight is 363 g/mol. The Morgan fingerprint density at radius 1 is 0.792 bits per heavy atom. The number of unbranched alkanes of at least 4 members (excludes halogenated alkanes) is 12. The van der Waals surface area contributed by atoms with Gasteiger partial charge in [0.2, 0.25) is 5.91 Å². The van der Waals surface area contributed by atoms with Crippen molar-refractivity contribution in [3.05, 3.63) is 0 Å². The molecule has 0 fully saturated rings. The van der Waals surface area contributed by atoms with Gasteiger partial charge in [-0.25, -0.2) is 0 Å². The third-order valence-corrected chi connectivity index (χ3v) is 5.04. The Hall–Kier alpha value is -0.380. The molecule has 0 aromatic carbocycles. The lowest BCUT2D eigenvalue weighted by Crippen LogP contribution is -2.26. The van der Waals surface area contributed by atoms with Gasteiger partial charge in [-0.05, 0) is 6.42 Å². The zero-order valence-corrected chi connectivity index (χ0v) is 16.4. The van der Waals surface area contributed by atoms with Crippen LogP contribution in [-0.2, 0) is 9.36 Å². The van der Waals surface area contributed by atoms with Crippen molar-refractivity contribution >= 4 is 13.5 Å². The van der Waals surface area contributed by atoms with Crippen LogP contribution >= 0.6 is 7.60 Å². The Kier molecular flexibility index (Phi) is 15.9. The maximum absolute atomic E-state index is 11.5. The predicted octanol–water partition coefficient (Wildman–Crippen LogP) is 4.76. The number of nitrogens with one attached hydrogen (secondary N) is 1. The first-order valence-electron chi connectivity index (χ1n) is 9.77. The molecule has 0 heterocycles. The second-order valence-electron chi connectivity index (χ2n) is 6.73. The Bertz CT molecular complexity index is 344. The summed E-state index contributed by atoms with van der Waals surface area (Å²) >= 11 is 0. The van der Waals surface area contributed by atoms with E-state index in [0.29, 0.717) is 6.42 Å². The topological polar surface area (TPSA) is 86.6 Å². The van der Waals surface area contributed by atoms with Gasteiger partial charge in [-0.2, -0.15) is 0 Å². The summed E-state index contributed by atoms with van der Waals surface area (Å²) in [5, 5.41) is 2.55. The second-order valence-corrected chi connectivity index (χ2v) is 8.51. The molecule has 1 amide bonds. The molecule has 0 atom stereocenters. The van der Waals surface area contributed by atoms with Crippen molar-refractivity contribution in [3.63, 3.8) is 0 Å². The SMILES string of the molecule is CCCCCCCCCCCCCCCC(=O)NCCP(=O)(O)O. The molecule has 0 aliphatic heterocycles. The molecule has 3 N–H and O–H groups in total. The Balaban J connectivity index is 3.19. The highest BCUT2D eigenvalue weighted by atomic mass is 31.2. The molecule has 0 radical (unpaired) electrons. The Labute approximate surface area is 148 Å². The molecule has 5 nitrogen and oxygen atoms in total. The molecular weight excluding hydrogens is 325 g/mol. The molecule has 0 aromatic heterocycles. The van der Waals surface area contributed by atoms with Gasteiger partial charge in [0.15, 0.2) is 0 Å². The number of hydrogen-bond acceptors (Lipinski definition) is 2. The van der Waals surface area contributed by atoms with Gasteiger partial charge in [-0.15, -0.1) is 0 Å². The fraction of sp³-hybridized carbons (Fsp3) is 0.944. The Morgan fingerprint density at radius 2 is 1.21 bits per heavy atom. The van der Waals surface area contributed by atoms with Crippen LogP contribution in [0.4, 0.5) is 0 Å². The average Bonchev–Trinajstić information content (AvgIpc) is 2.50. The first kappa shape index (κ1) is 23.6. The molecule has 144 valence electrons. The van der Waals surface area contributed by atoms with Crippen molar-refractivity contribution in [1.29, 1.82) is 0 Å². The molecule has 0 aliphatic rings. The first-order valence-corrected chi connectivity index (χ1v) is 11.6. The molecule has 0 spiro atoms. The summed E-state index contributed by atoms with van der Waals surface area (Å²) in [5.74, 6) is -0.105. The number of hydrogen-bond donors (Lipinski definition) is 3. The van der Waals surface area contributed by atoms with E-state index in [1.165, 1.54) is 70.6 Å². The van der Waals surface area contributed by atoms with Gasteiger partial charge in [0.25, 0.3) is 0 Å². The van der Waals surface area contributed by atoms with Crippen molar-refractivity contribution in [2.45, 2.75) is 96.8 Å². The number of carbonyl (C=O) groups is 1. The van der Waals surface area contributed by atoms with Crippen LogP contribution in [0.25, 0.3) is 0 Å². The lowest BCUT2D eigenvalue weighted by Gasteiger charge is -2.06. The molecule has 24 heavy (non-hydrogen) atoms. The van der Waals surface area contributed by atoms with Gasteiger partial charge in [0, 0.05) is 13.0 Å². The van der Waals surface area contributed by atoms with Crippen molar-refractivity contribution in [1.82, 2.24) is 5.32 Å². The number of amides is 1. The molecule has 0 aromatic rings. The van der Waals surface area contributed by atoms with Gasteiger partial charge in [-0.1, -0.05) is 84.0 Å². The van der Waals surface area contributed by atoms with Crippen LogP contribution in [0.1, 0.15) is 96.8 Å². The zero-order chi connectivity index (χ0) is 18.1. The second kappa shape index (κ2) is 16.1. The maximum atomic E-state index is 11.5. The quantitative estimate of drug-likeness (QED) is 0.257. The van der Waals surface area contributed by atoms with E-state index in [0.717, 1.165) is 12.8 Å². The minimum absolute atomic E-state index is 0.0571. The van der Waals surface area contributed by atoms with Crippen LogP contribution in [0, 0.1) is 0 Å². The monoisotopic (exact) mass is 363 g/mol. The van der Waals surface area contributed by atoms with E-state index in [2.05, 4.69) is 12.2 Å². The third-order valence-electron chi connectivity index (χ3n) is 4.23. The minimum atomic E-state index is -4.00. The fourth-order valence-electron chi connectivity index (χ4n) is 2.73. The molecule has 0 saturated heterocycles. The van der Waals surface area contributed by atoms with Crippen molar-refractivity contribution in [3.8, 4) is 0 Å². The molecule has 0 bridgehead atoms. The maximum Gasteiger partial charge on any atom is 0.327 e. The largest absolute Gasteiger partial charge is 0.355 e. The molecule has 0 aliphatic carbocycles. The van der Waals surface area contributed by atoms with Crippen LogP contribution in [0.2, 0.25) is 0 Å². The molecule has 6 heteroatoms. The summed E-state index contributed by atoms with van der Waals surface area (Å²) in [6.07, 6.45) is 16.7. The minimum Gasteiger partial charge on any atom is -0.355 e. The summed E-state index contributed by atoms with van der Waals surface area (Å²) in [6, 6.07) is 0. The van der Waals surface area contributed by atoms with Gasteiger partial charge in [-0.3, -0.25) is 9.36 Å². The van der Waals surface area contributed by atoms with E-state index in [1.807, 2.05) is 0 Å². The summed E-state index contributed by atoms with van der Waals surface area (Å²) in [4.78, 5) is 28.8. The lowest BCUT2D eigenvalue weighted by molar-refractivity contribution is -0.121. The van der Waals surface area contributed by atoms with Crippen LogP contribution in [-0.4, -0.2) is 28.4 Å². The predicted molar refractivity (Wildman–Crippen MR) is 100 cm³/mol. The van der Waals surface area contributed by atoms with Gasteiger partial charge in [0.1, 0.15) is 0 Å². The van der Waals surface area contributed by atoms with Crippen molar-refractivity contribution < 1.29 is 19.1 Å². The number of rotatable bonds is 17. The first-order chi connectivity index (χ1) is 11.5. The summed E-state index contributed by atoms with van der Waals surface area (Å²) in [7, 11) is -4.00. The zero-order valence-electron chi connectivity index (χ0n) is 15.5. The van der Waals surface area contributed by atoms with E-state index >= 15 is 0 Å². The van der Waals surface area contributed by atoms with Crippen LogP contribution in [0.3, 0.4) is 0 Å². The summed E-state index contributed by atoms with van der Waals surface area (Å²) in [5.41, 5.74) is 0. The van der Waals surface area contributed by atoms with Crippen LogP contribution in [0.5, 0.6) is 0 Å². The molecule has 0 rings (SSSR count).